The van der Waals surface area contributed by atoms with E-state index < -0.39 is 0 Å². The minimum Gasteiger partial charge on any atom is -0.323 e. The molecule has 2 aromatic rings. The minimum atomic E-state index is 0.639. The average molecular weight is 479 g/mol. The van der Waals surface area contributed by atoms with Gasteiger partial charge in [0, 0.05) is 24.8 Å². The van der Waals surface area contributed by atoms with Crippen molar-refractivity contribution in [2.75, 3.05) is 0 Å². The summed E-state index contributed by atoms with van der Waals surface area (Å²) in [5, 5.41) is 12.9. The molecule has 0 atom stereocenters. The summed E-state index contributed by atoms with van der Waals surface area (Å²) >= 11 is 3.37. The fourth-order valence-corrected chi connectivity index (χ4v) is 5.74. The molecule has 4 aliphatic heterocycles. The fraction of sp³-hybridized carbons (Fsp3) is 0. The van der Waals surface area contributed by atoms with Crippen molar-refractivity contribution in [3.05, 3.63) is 106 Å². The van der Waals surface area contributed by atoms with Crippen molar-refractivity contribution in [2.45, 2.75) is 0 Å². The molecule has 0 amide bonds. The summed E-state index contributed by atoms with van der Waals surface area (Å²) in [4.78, 5) is 15.7. The van der Waals surface area contributed by atoms with E-state index in [1.54, 1.807) is 47.5 Å². The molecule has 0 saturated heterocycles. The zero-order chi connectivity index (χ0) is 23.1. The maximum atomic E-state index is 4.73. The number of hydrogen-bond donors (Lipinski definition) is 0. The Morgan fingerprint density at radius 3 is 2.06 bits per heavy atom. The topological polar surface area (TPSA) is 58.0 Å². The Labute approximate surface area is 204 Å². The molecule has 0 fully saturated rings. The molecule has 0 unspecified atom stereocenters. The molecule has 0 spiro atoms. The van der Waals surface area contributed by atoms with Gasteiger partial charge in [-0.1, -0.05) is 13.2 Å². The van der Waals surface area contributed by atoms with E-state index in [0.29, 0.717) is 17.1 Å². The first-order chi connectivity index (χ1) is 16.7. The first-order valence-corrected chi connectivity index (χ1v) is 12.3. The van der Waals surface area contributed by atoms with Crippen LogP contribution in [0.2, 0.25) is 0 Å². The summed E-state index contributed by atoms with van der Waals surface area (Å²) in [5.74, 6) is 0. The van der Waals surface area contributed by atoms with E-state index in [-0.39, 0.29) is 0 Å². The first-order valence-electron chi connectivity index (χ1n) is 10.5. The van der Waals surface area contributed by atoms with Gasteiger partial charge in [-0.15, -0.1) is 32.9 Å². The SMILES string of the molecule is C=CN1C=Cc2ccsc2/C1=C\c1cnc2c(/C=C3\c4sccc4C=CN3C=C)nnc-2cn1. The van der Waals surface area contributed by atoms with E-state index in [1.165, 1.54) is 16.0 Å². The second-order valence-electron chi connectivity index (χ2n) is 7.54. The molecule has 34 heavy (non-hydrogen) atoms. The standard InChI is InChI=1S/C26H18N6S2/c1-3-31-9-5-17-7-11-33-25(17)22(31)13-19-15-28-24-20(29-30-21(24)16-27-19)14-23-26-18(8-12-34-26)6-10-32(23)4-2/h3-16H,1-2H2/b22-13+,23-14+. The van der Waals surface area contributed by atoms with Crippen LogP contribution in [0.3, 0.4) is 0 Å². The molecule has 0 bridgehead atoms. The van der Waals surface area contributed by atoms with Crippen LogP contribution in [0.1, 0.15) is 32.3 Å². The third kappa shape index (κ3) is 3.40. The Kier molecular flexibility index (Phi) is 5.01. The van der Waals surface area contributed by atoms with Crippen LogP contribution in [0.25, 0.3) is 47.1 Å². The Bertz CT molecular complexity index is 1520. The van der Waals surface area contributed by atoms with Crippen molar-refractivity contribution in [1.82, 2.24) is 30.0 Å². The summed E-state index contributed by atoms with van der Waals surface area (Å²) < 4.78 is 0. The first kappa shape index (κ1) is 20.5. The van der Waals surface area contributed by atoms with Gasteiger partial charge in [0.1, 0.15) is 17.1 Å². The highest BCUT2D eigenvalue weighted by molar-refractivity contribution is 7.11. The van der Waals surface area contributed by atoms with Crippen LogP contribution in [-0.2, 0) is 0 Å². The van der Waals surface area contributed by atoms with Gasteiger partial charge in [-0.3, -0.25) is 4.98 Å². The number of nitrogens with zero attached hydrogens (tertiary/aromatic N) is 6. The highest BCUT2D eigenvalue weighted by Gasteiger charge is 2.21. The zero-order valence-corrected chi connectivity index (χ0v) is 19.6. The van der Waals surface area contributed by atoms with E-state index >= 15 is 0 Å². The molecular formula is C26H18N6S2. The third-order valence-corrected chi connectivity index (χ3v) is 7.51. The van der Waals surface area contributed by atoms with Gasteiger partial charge in [0.05, 0.1) is 39.2 Å². The molecule has 0 saturated carbocycles. The van der Waals surface area contributed by atoms with Gasteiger partial charge >= 0.3 is 0 Å². The van der Waals surface area contributed by atoms with Crippen molar-refractivity contribution >= 4 is 58.4 Å². The molecule has 0 aliphatic carbocycles. The van der Waals surface area contributed by atoms with Gasteiger partial charge in [0.15, 0.2) is 0 Å². The van der Waals surface area contributed by atoms with Crippen molar-refractivity contribution in [3.63, 3.8) is 0 Å². The lowest BCUT2D eigenvalue weighted by Gasteiger charge is -2.22. The van der Waals surface area contributed by atoms with E-state index in [9.17, 15) is 0 Å². The van der Waals surface area contributed by atoms with E-state index in [2.05, 4.69) is 63.4 Å². The van der Waals surface area contributed by atoms with Crippen LogP contribution in [0.5, 0.6) is 0 Å². The Balaban J connectivity index is 1.42. The number of aromatic nitrogens is 4. The highest BCUT2D eigenvalue weighted by Crippen LogP contribution is 2.37. The molecule has 0 radical (unpaired) electrons. The molecule has 2 aromatic heterocycles. The van der Waals surface area contributed by atoms with Crippen LogP contribution in [0.4, 0.5) is 0 Å². The summed E-state index contributed by atoms with van der Waals surface area (Å²) in [5.41, 5.74) is 7.11. The maximum Gasteiger partial charge on any atom is 0.132 e. The molecule has 164 valence electrons. The molecule has 6 heterocycles. The highest BCUT2D eigenvalue weighted by atomic mass is 32.1. The maximum absolute atomic E-state index is 4.73. The van der Waals surface area contributed by atoms with Crippen LogP contribution >= 0.6 is 22.7 Å². The van der Waals surface area contributed by atoms with Crippen LogP contribution < -0.4 is 0 Å². The van der Waals surface area contributed by atoms with Gasteiger partial charge in [-0.05, 0) is 58.3 Å². The molecule has 0 N–H and O–H groups in total. The second-order valence-corrected chi connectivity index (χ2v) is 9.37. The van der Waals surface area contributed by atoms with Gasteiger partial charge < -0.3 is 9.80 Å². The normalized spacial score (nSPS) is 16.8. The number of fused-ring (bicyclic) bond motifs is 3. The molecule has 4 aliphatic rings. The quantitative estimate of drug-likeness (QED) is 0.341. The molecule has 8 heteroatoms. The Morgan fingerprint density at radius 1 is 0.765 bits per heavy atom. The van der Waals surface area contributed by atoms with E-state index in [1.807, 2.05) is 34.4 Å². The molecule has 6 nitrogen and oxygen atoms in total. The van der Waals surface area contributed by atoms with Crippen molar-refractivity contribution in [3.8, 4) is 11.4 Å². The fourth-order valence-electron chi connectivity index (χ4n) is 3.93. The summed E-state index contributed by atoms with van der Waals surface area (Å²) in [6.07, 6.45) is 19.2. The molecule has 0 aromatic carbocycles. The Morgan fingerprint density at radius 2 is 1.41 bits per heavy atom. The lowest BCUT2D eigenvalue weighted by atomic mass is 10.1. The van der Waals surface area contributed by atoms with Gasteiger partial charge in [0.25, 0.3) is 0 Å². The summed E-state index contributed by atoms with van der Waals surface area (Å²) in [6.45, 7) is 7.88. The number of rotatable bonds is 4. The number of hydrogen-bond acceptors (Lipinski definition) is 8. The van der Waals surface area contributed by atoms with Crippen LogP contribution in [0.15, 0.2) is 73.2 Å². The predicted octanol–water partition coefficient (Wildman–Crippen LogP) is 6.35. The predicted molar refractivity (Wildman–Crippen MR) is 141 cm³/mol. The van der Waals surface area contributed by atoms with Gasteiger partial charge in [-0.25, -0.2) is 4.98 Å². The summed E-state index contributed by atoms with van der Waals surface area (Å²) in [7, 11) is 0. The second kappa shape index (κ2) is 8.33. The smallest absolute Gasteiger partial charge is 0.132 e. The zero-order valence-electron chi connectivity index (χ0n) is 18.0. The van der Waals surface area contributed by atoms with Crippen LogP contribution in [-0.4, -0.2) is 30.0 Å². The van der Waals surface area contributed by atoms with Crippen molar-refractivity contribution < 1.29 is 0 Å². The lowest BCUT2D eigenvalue weighted by Crippen LogP contribution is -2.10. The van der Waals surface area contributed by atoms with Crippen molar-refractivity contribution in [1.29, 1.82) is 0 Å². The van der Waals surface area contributed by atoms with Gasteiger partial charge in [0.2, 0.25) is 0 Å². The monoisotopic (exact) mass is 478 g/mol. The van der Waals surface area contributed by atoms with E-state index in [0.717, 1.165) is 22.0 Å². The van der Waals surface area contributed by atoms with E-state index in [4.69, 9.17) is 4.98 Å². The third-order valence-electron chi connectivity index (χ3n) is 5.61. The minimum absolute atomic E-state index is 0.639. The van der Waals surface area contributed by atoms with Gasteiger partial charge in [-0.2, -0.15) is 0 Å². The lowest BCUT2D eigenvalue weighted by molar-refractivity contribution is 0.732. The molecule has 6 rings (SSSR count). The number of thiophene rings is 2. The average Bonchev–Trinajstić information content (AvgIpc) is 3.58. The van der Waals surface area contributed by atoms with Crippen LogP contribution in [0, 0.1) is 0 Å². The van der Waals surface area contributed by atoms with Crippen molar-refractivity contribution in [2.24, 2.45) is 0 Å². The summed E-state index contributed by atoms with van der Waals surface area (Å²) in [6, 6.07) is 4.21. The molecular weight excluding hydrogens is 460 g/mol. The largest absolute Gasteiger partial charge is 0.323 e. The Hall–Kier alpha value is -4.14.